The van der Waals surface area contributed by atoms with Gasteiger partial charge in [0.2, 0.25) is 5.91 Å². The van der Waals surface area contributed by atoms with E-state index in [0.29, 0.717) is 13.2 Å². The van der Waals surface area contributed by atoms with Crippen LogP contribution in [0.5, 0.6) is 0 Å². The molecule has 1 aliphatic rings. The average molecular weight is 258 g/mol. The predicted molar refractivity (Wildman–Crippen MR) is 61.9 cm³/mol. The molecule has 102 valence electrons. The van der Waals surface area contributed by atoms with Gasteiger partial charge in [0.25, 0.3) is 0 Å². The van der Waals surface area contributed by atoms with E-state index in [1.807, 2.05) is 6.92 Å². The van der Waals surface area contributed by atoms with Crippen LogP contribution in [-0.2, 0) is 14.3 Å². The molecule has 7 heteroatoms. The Labute approximate surface area is 105 Å². The molecule has 2 atom stereocenters. The first kappa shape index (κ1) is 14.4. The lowest BCUT2D eigenvalue weighted by Crippen LogP contribution is -2.46. The number of carbonyl (C=O) groups excluding carboxylic acids is 2. The summed E-state index contributed by atoms with van der Waals surface area (Å²) in [6.45, 7) is 3.14. The molecule has 0 bridgehead atoms. The molecule has 0 aromatic rings. The van der Waals surface area contributed by atoms with E-state index in [4.69, 9.17) is 9.84 Å². The first-order valence-electron chi connectivity index (χ1n) is 5.89. The number of carbonyl (C=O) groups is 3. The highest BCUT2D eigenvalue weighted by atomic mass is 16.5. The van der Waals surface area contributed by atoms with Gasteiger partial charge in [-0.05, 0) is 13.3 Å². The fourth-order valence-corrected chi connectivity index (χ4v) is 1.72. The Balaban J connectivity index is 2.23. The molecule has 0 aromatic heterocycles. The van der Waals surface area contributed by atoms with Crippen molar-refractivity contribution in [3.05, 3.63) is 0 Å². The van der Waals surface area contributed by atoms with Crippen molar-refractivity contribution >= 4 is 17.9 Å². The highest BCUT2D eigenvalue weighted by Crippen LogP contribution is 2.16. The Bertz CT molecular complexity index is 325. The van der Waals surface area contributed by atoms with E-state index in [-0.39, 0.29) is 24.8 Å². The number of imide groups is 1. The van der Waals surface area contributed by atoms with Gasteiger partial charge in [-0.3, -0.25) is 14.9 Å². The van der Waals surface area contributed by atoms with E-state index in [0.717, 1.165) is 6.42 Å². The number of aliphatic carboxylic acids is 1. The van der Waals surface area contributed by atoms with Gasteiger partial charge in [-0.25, -0.2) is 4.79 Å². The maximum absolute atomic E-state index is 11.4. The summed E-state index contributed by atoms with van der Waals surface area (Å²) in [5, 5.41) is 13.1. The number of nitrogens with one attached hydrogen (secondary N) is 2. The highest BCUT2D eigenvalue weighted by Gasteiger charge is 2.23. The number of carboxylic acid groups (broad SMARTS) is 1. The minimum absolute atomic E-state index is 0.0835. The molecule has 0 aliphatic carbocycles. The van der Waals surface area contributed by atoms with Crippen molar-refractivity contribution in [1.29, 1.82) is 0 Å². The van der Waals surface area contributed by atoms with E-state index < -0.39 is 17.9 Å². The number of hydrogen-bond acceptors (Lipinski definition) is 4. The van der Waals surface area contributed by atoms with Crippen molar-refractivity contribution in [3.63, 3.8) is 0 Å². The third kappa shape index (κ3) is 5.13. The van der Waals surface area contributed by atoms with E-state index in [2.05, 4.69) is 10.6 Å². The zero-order valence-corrected chi connectivity index (χ0v) is 10.3. The molecule has 18 heavy (non-hydrogen) atoms. The van der Waals surface area contributed by atoms with Crippen LogP contribution in [0.25, 0.3) is 0 Å². The molecular weight excluding hydrogens is 240 g/mol. The van der Waals surface area contributed by atoms with Crippen LogP contribution < -0.4 is 10.6 Å². The second kappa shape index (κ2) is 6.95. The zero-order valence-electron chi connectivity index (χ0n) is 10.3. The maximum atomic E-state index is 11.4. The Hall–Kier alpha value is -1.63. The molecule has 1 saturated heterocycles. The molecule has 0 saturated carbocycles. The number of hydrogen-bond donors (Lipinski definition) is 3. The number of carboxylic acids is 1. The second-order valence-corrected chi connectivity index (χ2v) is 4.33. The van der Waals surface area contributed by atoms with Gasteiger partial charge in [0.15, 0.2) is 0 Å². The Morgan fingerprint density at radius 2 is 2.11 bits per heavy atom. The predicted octanol–water partition coefficient (Wildman–Crippen LogP) is 0.102. The smallest absolute Gasteiger partial charge is 0.321 e. The maximum Gasteiger partial charge on any atom is 0.321 e. The van der Waals surface area contributed by atoms with Crippen LogP contribution >= 0.6 is 0 Å². The monoisotopic (exact) mass is 258 g/mol. The number of urea groups is 1. The van der Waals surface area contributed by atoms with Gasteiger partial charge in [-0.2, -0.15) is 0 Å². The minimum Gasteiger partial charge on any atom is -0.481 e. The molecule has 1 rings (SSSR count). The molecule has 1 heterocycles. The van der Waals surface area contributed by atoms with Crippen molar-refractivity contribution in [2.24, 2.45) is 5.92 Å². The minimum atomic E-state index is -1.07. The highest BCUT2D eigenvalue weighted by molar-refractivity contribution is 5.95. The summed E-state index contributed by atoms with van der Waals surface area (Å²) in [6.07, 6.45) is 0.392. The summed E-state index contributed by atoms with van der Waals surface area (Å²) in [5.74, 6) is -1.41. The van der Waals surface area contributed by atoms with Gasteiger partial charge >= 0.3 is 12.0 Å². The summed E-state index contributed by atoms with van der Waals surface area (Å²) >= 11 is 0. The standard InChI is InChI=1S/C11H18N2O5/c1-7(8-4-5-18-6-8)12-11(17)13-9(14)2-3-10(15)16/h7-8H,2-6H2,1H3,(H,15,16)(H2,12,13,14,17). The van der Waals surface area contributed by atoms with Crippen LogP contribution in [0.15, 0.2) is 0 Å². The van der Waals surface area contributed by atoms with Crippen LogP contribution in [0.2, 0.25) is 0 Å². The normalized spacial score (nSPS) is 20.2. The molecular formula is C11H18N2O5. The van der Waals surface area contributed by atoms with Crippen molar-refractivity contribution < 1.29 is 24.2 Å². The van der Waals surface area contributed by atoms with Gasteiger partial charge in [-0.1, -0.05) is 0 Å². The molecule has 3 amide bonds. The first-order valence-corrected chi connectivity index (χ1v) is 5.89. The van der Waals surface area contributed by atoms with E-state index in [1.54, 1.807) is 0 Å². The quantitative estimate of drug-likeness (QED) is 0.648. The molecule has 0 radical (unpaired) electrons. The summed E-state index contributed by atoms with van der Waals surface area (Å²) < 4.78 is 5.20. The molecule has 0 spiro atoms. The third-order valence-corrected chi connectivity index (χ3v) is 2.85. The van der Waals surface area contributed by atoms with Gasteiger partial charge in [-0.15, -0.1) is 0 Å². The molecule has 7 nitrogen and oxygen atoms in total. The summed E-state index contributed by atoms with van der Waals surface area (Å²) in [4.78, 5) is 32.9. The summed E-state index contributed by atoms with van der Waals surface area (Å²) in [6, 6.07) is -0.676. The topological polar surface area (TPSA) is 105 Å². The fraction of sp³-hybridized carbons (Fsp3) is 0.727. The second-order valence-electron chi connectivity index (χ2n) is 4.33. The van der Waals surface area contributed by atoms with E-state index in [9.17, 15) is 14.4 Å². The van der Waals surface area contributed by atoms with Crippen molar-refractivity contribution in [2.75, 3.05) is 13.2 Å². The van der Waals surface area contributed by atoms with Gasteiger partial charge in [0.1, 0.15) is 0 Å². The molecule has 3 N–H and O–H groups in total. The fourth-order valence-electron chi connectivity index (χ4n) is 1.72. The van der Waals surface area contributed by atoms with E-state index in [1.165, 1.54) is 0 Å². The first-order chi connectivity index (χ1) is 8.49. The van der Waals surface area contributed by atoms with Crippen molar-refractivity contribution in [1.82, 2.24) is 10.6 Å². The van der Waals surface area contributed by atoms with Crippen LogP contribution in [0.1, 0.15) is 26.2 Å². The van der Waals surface area contributed by atoms with Gasteiger partial charge in [0, 0.05) is 25.0 Å². The van der Waals surface area contributed by atoms with Crippen LogP contribution in [0.4, 0.5) is 4.79 Å². The number of rotatable bonds is 5. The third-order valence-electron chi connectivity index (χ3n) is 2.85. The van der Waals surface area contributed by atoms with E-state index >= 15 is 0 Å². The van der Waals surface area contributed by atoms with Crippen molar-refractivity contribution in [3.8, 4) is 0 Å². The Kier molecular flexibility index (Phi) is 5.57. The van der Waals surface area contributed by atoms with Crippen LogP contribution in [0, 0.1) is 5.92 Å². The lowest BCUT2D eigenvalue weighted by atomic mass is 10.0. The number of ether oxygens (including phenoxy) is 1. The largest absolute Gasteiger partial charge is 0.481 e. The molecule has 1 fully saturated rings. The molecule has 2 unspecified atom stereocenters. The summed E-state index contributed by atoms with van der Waals surface area (Å²) in [7, 11) is 0. The van der Waals surface area contributed by atoms with Gasteiger partial charge < -0.3 is 15.2 Å². The summed E-state index contributed by atoms with van der Waals surface area (Å²) in [5.41, 5.74) is 0. The SMILES string of the molecule is CC(NC(=O)NC(=O)CCC(=O)O)C1CCOC1. The number of amides is 3. The zero-order chi connectivity index (χ0) is 13.5. The lowest BCUT2D eigenvalue weighted by molar-refractivity contribution is -0.138. The van der Waals surface area contributed by atoms with Crippen molar-refractivity contribution in [2.45, 2.75) is 32.2 Å². The van der Waals surface area contributed by atoms with Gasteiger partial charge in [0.05, 0.1) is 13.0 Å². The average Bonchev–Trinajstić information content (AvgIpc) is 2.79. The Morgan fingerprint density at radius 1 is 1.39 bits per heavy atom. The van der Waals surface area contributed by atoms with Crippen LogP contribution in [0.3, 0.4) is 0 Å². The lowest BCUT2D eigenvalue weighted by Gasteiger charge is -2.19. The molecule has 0 aromatic carbocycles. The molecule has 1 aliphatic heterocycles. The Morgan fingerprint density at radius 3 is 2.67 bits per heavy atom. The van der Waals surface area contributed by atoms with Crippen LogP contribution in [-0.4, -0.2) is 42.3 Å².